The first-order chi connectivity index (χ1) is 12.7. The molecule has 26 heavy (non-hydrogen) atoms. The van der Waals surface area contributed by atoms with Gasteiger partial charge in [-0.1, -0.05) is 47.5 Å². The molecule has 0 fully saturated rings. The molecule has 0 unspecified atom stereocenters. The number of aromatic nitrogens is 3. The number of hydrogen-bond donors (Lipinski definition) is 1. The molecular formula is C19H18Cl2N4O. The molecule has 3 aromatic rings. The SMILES string of the molecule is CCOc1ccc([C@@H]2C[C@H](c3ccccc3Cl)n3ncnc3N2)cc1Cl. The van der Waals surface area contributed by atoms with Crippen LogP contribution < -0.4 is 10.1 Å². The van der Waals surface area contributed by atoms with Crippen molar-refractivity contribution in [3.63, 3.8) is 0 Å². The fourth-order valence-corrected chi connectivity index (χ4v) is 3.85. The molecule has 2 heterocycles. The van der Waals surface area contributed by atoms with E-state index in [4.69, 9.17) is 27.9 Å². The molecule has 0 aliphatic carbocycles. The van der Waals surface area contributed by atoms with E-state index >= 15 is 0 Å². The van der Waals surface area contributed by atoms with Gasteiger partial charge in [-0.15, -0.1) is 0 Å². The van der Waals surface area contributed by atoms with Gasteiger partial charge in [-0.25, -0.2) is 4.68 Å². The predicted octanol–water partition coefficient (Wildman–Crippen LogP) is 5.13. The number of nitrogens with zero attached hydrogens (tertiary/aromatic N) is 3. The number of anilines is 1. The van der Waals surface area contributed by atoms with Gasteiger partial charge in [0, 0.05) is 5.02 Å². The van der Waals surface area contributed by atoms with E-state index in [0.29, 0.717) is 17.4 Å². The molecule has 5 nitrogen and oxygen atoms in total. The maximum Gasteiger partial charge on any atom is 0.222 e. The molecule has 7 heteroatoms. The Morgan fingerprint density at radius 1 is 1.19 bits per heavy atom. The summed E-state index contributed by atoms with van der Waals surface area (Å²) in [7, 11) is 0. The van der Waals surface area contributed by atoms with Crippen molar-refractivity contribution < 1.29 is 4.74 Å². The Labute approximate surface area is 161 Å². The lowest BCUT2D eigenvalue weighted by molar-refractivity contribution is 0.340. The van der Waals surface area contributed by atoms with Gasteiger partial charge in [0.1, 0.15) is 12.1 Å². The number of halogens is 2. The topological polar surface area (TPSA) is 52.0 Å². The summed E-state index contributed by atoms with van der Waals surface area (Å²) in [6, 6.07) is 13.8. The van der Waals surface area contributed by atoms with Crippen LogP contribution in [0.15, 0.2) is 48.8 Å². The molecule has 1 N–H and O–H groups in total. The third-order valence-electron chi connectivity index (χ3n) is 4.55. The second-order valence-electron chi connectivity index (χ2n) is 6.12. The largest absolute Gasteiger partial charge is 0.492 e. The molecule has 0 saturated heterocycles. The highest BCUT2D eigenvalue weighted by Crippen LogP contribution is 2.40. The first-order valence-corrected chi connectivity index (χ1v) is 9.25. The molecule has 4 rings (SSSR count). The Morgan fingerprint density at radius 2 is 2.04 bits per heavy atom. The van der Waals surface area contributed by atoms with Crippen molar-refractivity contribution in [1.29, 1.82) is 0 Å². The number of ether oxygens (including phenoxy) is 1. The lowest BCUT2D eigenvalue weighted by Crippen LogP contribution is -2.28. The summed E-state index contributed by atoms with van der Waals surface area (Å²) in [6.07, 6.45) is 2.34. The highest BCUT2D eigenvalue weighted by molar-refractivity contribution is 6.32. The van der Waals surface area contributed by atoms with Gasteiger partial charge in [-0.2, -0.15) is 10.1 Å². The number of hydrogen-bond acceptors (Lipinski definition) is 4. The standard InChI is InChI=1S/C19H18Cl2N4O/c1-2-26-18-8-7-12(9-15(18)21)16-10-17(13-5-3-4-6-14(13)20)25-19(24-16)22-11-23-25/h3-9,11,16-17H,2,10H2,1H3,(H,22,23,24)/t16-,17+/m0/s1. The third-order valence-corrected chi connectivity index (χ3v) is 5.19. The summed E-state index contributed by atoms with van der Waals surface area (Å²) in [5, 5.41) is 9.15. The molecule has 0 radical (unpaired) electrons. The van der Waals surface area contributed by atoms with Crippen LogP contribution in [0.1, 0.15) is 36.6 Å². The normalized spacial score (nSPS) is 18.9. The van der Waals surface area contributed by atoms with E-state index in [-0.39, 0.29) is 12.1 Å². The zero-order valence-electron chi connectivity index (χ0n) is 14.2. The summed E-state index contributed by atoms with van der Waals surface area (Å²) in [6.45, 7) is 2.52. The number of benzene rings is 2. The predicted molar refractivity (Wildman–Crippen MR) is 103 cm³/mol. The van der Waals surface area contributed by atoms with Gasteiger partial charge in [0.15, 0.2) is 0 Å². The van der Waals surface area contributed by atoms with Crippen molar-refractivity contribution in [3.05, 3.63) is 70.0 Å². The highest BCUT2D eigenvalue weighted by atomic mass is 35.5. The average Bonchev–Trinajstić information content (AvgIpc) is 3.12. The summed E-state index contributed by atoms with van der Waals surface area (Å²) in [5.41, 5.74) is 2.11. The van der Waals surface area contributed by atoms with Crippen molar-refractivity contribution in [2.75, 3.05) is 11.9 Å². The third kappa shape index (κ3) is 3.13. The fourth-order valence-electron chi connectivity index (χ4n) is 3.35. The van der Waals surface area contributed by atoms with Crippen LogP contribution in [0.5, 0.6) is 5.75 Å². The van der Waals surface area contributed by atoms with Crippen LogP contribution in [0.2, 0.25) is 10.0 Å². The zero-order chi connectivity index (χ0) is 18.1. The van der Waals surface area contributed by atoms with Crippen LogP contribution in [-0.2, 0) is 0 Å². The molecule has 2 aromatic carbocycles. The summed E-state index contributed by atoms with van der Waals surface area (Å²) >= 11 is 12.8. The molecule has 1 aliphatic heterocycles. The molecule has 2 atom stereocenters. The molecule has 0 saturated carbocycles. The summed E-state index contributed by atoms with van der Waals surface area (Å²) < 4.78 is 7.42. The van der Waals surface area contributed by atoms with Crippen LogP contribution >= 0.6 is 23.2 Å². The Balaban J connectivity index is 1.70. The first kappa shape index (κ1) is 17.2. The van der Waals surface area contributed by atoms with E-state index in [0.717, 1.165) is 28.5 Å². The molecule has 0 amide bonds. The van der Waals surface area contributed by atoms with Crippen molar-refractivity contribution in [2.24, 2.45) is 0 Å². The molecule has 134 valence electrons. The molecule has 1 aromatic heterocycles. The van der Waals surface area contributed by atoms with Gasteiger partial charge in [-0.05, 0) is 42.7 Å². The first-order valence-electron chi connectivity index (χ1n) is 8.50. The average molecular weight is 389 g/mol. The van der Waals surface area contributed by atoms with E-state index in [9.17, 15) is 0 Å². The number of fused-ring (bicyclic) bond motifs is 1. The molecular weight excluding hydrogens is 371 g/mol. The minimum Gasteiger partial charge on any atom is -0.492 e. The lowest BCUT2D eigenvalue weighted by atomic mass is 9.93. The van der Waals surface area contributed by atoms with Crippen molar-refractivity contribution in [3.8, 4) is 5.75 Å². The summed E-state index contributed by atoms with van der Waals surface area (Å²) in [5.74, 6) is 1.41. The summed E-state index contributed by atoms with van der Waals surface area (Å²) in [4.78, 5) is 4.35. The van der Waals surface area contributed by atoms with Gasteiger partial charge in [-0.3, -0.25) is 0 Å². The van der Waals surface area contributed by atoms with Crippen molar-refractivity contribution in [2.45, 2.75) is 25.4 Å². The van der Waals surface area contributed by atoms with Crippen molar-refractivity contribution >= 4 is 29.2 Å². The van der Waals surface area contributed by atoms with E-state index in [1.807, 2.05) is 54.1 Å². The van der Waals surface area contributed by atoms with Crippen LogP contribution in [0.4, 0.5) is 5.95 Å². The minimum atomic E-state index is -0.00204. The van der Waals surface area contributed by atoms with Crippen LogP contribution in [0.3, 0.4) is 0 Å². The smallest absolute Gasteiger partial charge is 0.222 e. The zero-order valence-corrected chi connectivity index (χ0v) is 15.7. The van der Waals surface area contributed by atoms with Gasteiger partial charge >= 0.3 is 0 Å². The van der Waals surface area contributed by atoms with Crippen LogP contribution in [0.25, 0.3) is 0 Å². The van der Waals surface area contributed by atoms with E-state index < -0.39 is 0 Å². The second kappa shape index (κ2) is 7.17. The Kier molecular flexibility index (Phi) is 4.74. The Hall–Kier alpha value is -2.24. The fraction of sp³-hybridized carbons (Fsp3) is 0.263. The maximum atomic E-state index is 6.45. The van der Waals surface area contributed by atoms with Gasteiger partial charge in [0.2, 0.25) is 5.95 Å². The number of nitrogens with one attached hydrogen (secondary N) is 1. The molecule has 0 bridgehead atoms. The number of rotatable bonds is 4. The van der Waals surface area contributed by atoms with Gasteiger partial charge in [0.05, 0.1) is 23.7 Å². The lowest BCUT2D eigenvalue weighted by Gasteiger charge is -2.32. The van der Waals surface area contributed by atoms with Crippen LogP contribution in [-0.4, -0.2) is 21.4 Å². The van der Waals surface area contributed by atoms with E-state index in [2.05, 4.69) is 15.4 Å². The molecule has 1 aliphatic rings. The van der Waals surface area contributed by atoms with E-state index in [1.54, 1.807) is 6.33 Å². The Morgan fingerprint density at radius 3 is 2.81 bits per heavy atom. The van der Waals surface area contributed by atoms with Gasteiger partial charge < -0.3 is 10.1 Å². The quantitative estimate of drug-likeness (QED) is 0.672. The Bertz CT molecular complexity index is 927. The van der Waals surface area contributed by atoms with E-state index in [1.165, 1.54) is 0 Å². The molecule has 0 spiro atoms. The van der Waals surface area contributed by atoms with Crippen LogP contribution in [0, 0.1) is 0 Å². The van der Waals surface area contributed by atoms with Crippen molar-refractivity contribution in [1.82, 2.24) is 14.8 Å². The minimum absolute atomic E-state index is 0.00204. The monoisotopic (exact) mass is 388 g/mol. The van der Waals surface area contributed by atoms with Gasteiger partial charge in [0.25, 0.3) is 0 Å². The maximum absolute atomic E-state index is 6.45. The second-order valence-corrected chi connectivity index (χ2v) is 6.94. The highest BCUT2D eigenvalue weighted by Gasteiger charge is 2.31.